The molecule has 17 heavy (non-hydrogen) atoms. The van der Waals surface area contributed by atoms with Crippen LogP contribution in [0.15, 0.2) is 24.3 Å². The first kappa shape index (κ1) is 12.3. The molecule has 0 saturated heterocycles. The third-order valence-corrected chi connectivity index (χ3v) is 3.84. The van der Waals surface area contributed by atoms with Crippen molar-refractivity contribution in [1.29, 1.82) is 0 Å². The Morgan fingerprint density at radius 2 is 1.76 bits per heavy atom. The SMILES string of the molecule is COc1ccc(N[C@H](C)C2CCCCC2)cc1. The zero-order valence-electron chi connectivity index (χ0n) is 10.9. The van der Waals surface area contributed by atoms with Crippen LogP contribution in [0.3, 0.4) is 0 Å². The van der Waals surface area contributed by atoms with Gasteiger partial charge in [0.1, 0.15) is 5.75 Å². The van der Waals surface area contributed by atoms with Gasteiger partial charge >= 0.3 is 0 Å². The lowest BCUT2D eigenvalue weighted by molar-refractivity contribution is 0.328. The maximum absolute atomic E-state index is 5.16. The highest BCUT2D eigenvalue weighted by atomic mass is 16.5. The summed E-state index contributed by atoms with van der Waals surface area (Å²) >= 11 is 0. The number of rotatable bonds is 4. The zero-order chi connectivity index (χ0) is 12.1. The van der Waals surface area contributed by atoms with E-state index in [9.17, 15) is 0 Å². The Morgan fingerprint density at radius 1 is 1.12 bits per heavy atom. The molecule has 1 atom stereocenters. The van der Waals surface area contributed by atoms with Crippen LogP contribution >= 0.6 is 0 Å². The maximum Gasteiger partial charge on any atom is 0.119 e. The molecule has 1 aliphatic carbocycles. The summed E-state index contributed by atoms with van der Waals surface area (Å²) in [5, 5.41) is 3.61. The first-order chi connectivity index (χ1) is 8.29. The van der Waals surface area contributed by atoms with E-state index >= 15 is 0 Å². The zero-order valence-corrected chi connectivity index (χ0v) is 10.9. The second-order valence-corrected chi connectivity index (χ2v) is 5.06. The van der Waals surface area contributed by atoms with Crippen molar-refractivity contribution in [3.05, 3.63) is 24.3 Å². The molecule has 94 valence electrons. The van der Waals surface area contributed by atoms with Crippen molar-refractivity contribution in [1.82, 2.24) is 0 Å². The minimum absolute atomic E-state index is 0.573. The van der Waals surface area contributed by atoms with E-state index in [0.29, 0.717) is 6.04 Å². The Balaban J connectivity index is 1.89. The second-order valence-electron chi connectivity index (χ2n) is 5.06. The minimum atomic E-state index is 0.573. The molecule has 0 amide bonds. The third-order valence-electron chi connectivity index (χ3n) is 3.84. The lowest BCUT2D eigenvalue weighted by Gasteiger charge is -2.29. The summed E-state index contributed by atoms with van der Waals surface area (Å²) in [7, 11) is 1.70. The largest absolute Gasteiger partial charge is 0.497 e. The third kappa shape index (κ3) is 3.39. The highest BCUT2D eigenvalue weighted by Gasteiger charge is 2.19. The highest BCUT2D eigenvalue weighted by molar-refractivity contribution is 5.47. The molecule has 1 N–H and O–H groups in total. The molecule has 0 bridgehead atoms. The number of benzene rings is 1. The average molecular weight is 233 g/mol. The summed E-state index contributed by atoms with van der Waals surface area (Å²) in [5.41, 5.74) is 1.20. The number of hydrogen-bond acceptors (Lipinski definition) is 2. The van der Waals surface area contributed by atoms with E-state index in [1.165, 1.54) is 37.8 Å². The van der Waals surface area contributed by atoms with E-state index in [2.05, 4.69) is 24.4 Å². The molecule has 1 aromatic carbocycles. The molecule has 1 saturated carbocycles. The molecule has 0 radical (unpaired) electrons. The van der Waals surface area contributed by atoms with E-state index in [1.54, 1.807) is 7.11 Å². The molecule has 2 heteroatoms. The highest BCUT2D eigenvalue weighted by Crippen LogP contribution is 2.28. The van der Waals surface area contributed by atoms with Gasteiger partial charge in [0.2, 0.25) is 0 Å². The Kier molecular flexibility index (Phi) is 4.29. The van der Waals surface area contributed by atoms with Crippen LogP contribution in [0, 0.1) is 5.92 Å². The maximum atomic E-state index is 5.16. The fourth-order valence-electron chi connectivity index (χ4n) is 2.70. The first-order valence-corrected chi connectivity index (χ1v) is 6.70. The summed E-state index contributed by atoms with van der Waals surface area (Å²) in [6.45, 7) is 2.31. The molecule has 1 aliphatic rings. The van der Waals surface area contributed by atoms with Gasteiger partial charge in [-0.25, -0.2) is 0 Å². The number of ether oxygens (including phenoxy) is 1. The van der Waals surface area contributed by atoms with Crippen LogP contribution in [-0.4, -0.2) is 13.2 Å². The number of nitrogens with one attached hydrogen (secondary N) is 1. The Morgan fingerprint density at radius 3 is 2.35 bits per heavy atom. The molecule has 1 aromatic rings. The summed E-state index contributed by atoms with van der Waals surface area (Å²) in [4.78, 5) is 0. The monoisotopic (exact) mass is 233 g/mol. The molecule has 0 heterocycles. The van der Waals surface area contributed by atoms with E-state index in [1.807, 2.05) is 12.1 Å². The summed E-state index contributed by atoms with van der Waals surface area (Å²) < 4.78 is 5.16. The van der Waals surface area contributed by atoms with Crippen LogP contribution in [0.4, 0.5) is 5.69 Å². The normalized spacial score (nSPS) is 18.7. The molecule has 0 aliphatic heterocycles. The average Bonchev–Trinajstić information content (AvgIpc) is 2.40. The fourth-order valence-corrected chi connectivity index (χ4v) is 2.70. The number of hydrogen-bond donors (Lipinski definition) is 1. The Labute approximate surface area is 104 Å². The fraction of sp³-hybridized carbons (Fsp3) is 0.600. The predicted octanol–water partition coefficient (Wildman–Crippen LogP) is 4.08. The lowest BCUT2D eigenvalue weighted by atomic mass is 9.84. The summed E-state index contributed by atoms with van der Waals surface area (Å²) in [6.07, 6.45) is 6.99. The van der Waals surface area contributed by atoms with Gasteiger partial charge in [0.05, 0.1) is 7.11 Å². The molecular formula is C15H23NO. The molecule has 2 rings (SSSR count). The van der Waals surface area contributed by atoms with Gasteiger partial charge in [0.25, 0.3) is 0 Å². The number of methoxy groups -OCH3 is 1. The molecular weight excluding hydrogens is 210 g/mol. The van der Waals surface area contributed by atoms with Crippen LogP contribution in [0.2, 0.25) is 0 Å². The van der Waals surface area contributed by atoms with Crippen LogP contribution < -0.4 is 10.1 Å². The summed E-state index contributed by atoms with van der Waals surface area (Å²) in [6, 6.07) is 8.78. The molecule has 2 nitrogen and oxygen atoms in total. The quantitative estimate of drug-likeness (QED) is 0.846. The number of anilines is 1. The van der Waals surface area contributed by atoms with Crippen LogP contribution in [0.5, 0.6) is 5.75 Å². The van der Waals surface area contributed by atoms with Crippen LogP contribution in [-0.2, 0) is 0 Å². The summed E-state index contributed by atoms with van der Waals surface area (Å²) in [5.74, 6) is 1.76. The molecule has 0 aromatic heterocycles. The van der Waals surface area contributed by atoms with Gasteiger partial charge in [-0.2, -0.15) is 0 Å². The second kappa shape index (κ2) is 5.95. The van der Waals surface area contributed by atoms with Crippen LogP contribution in [0.1, 0.15) is 39.0 Å². The minimum Gasteiger partial charge on any atom is -0.497 e. The van der Waals surface area contributed by atoms with Gasteiger partial charge in [-0.05, 0) is 49.9 Å². The van der Waals surface area contributed by atoms with Gasteiger partial charge in [0, 0.05) is 11.7 Å². The van der Waals surface area contributed by atoms with Crippen molar-refractivity contribution in [3.8, 4) is 5.75 Å². The van der Waals surface area contributed by atoms with Gasteiger partial charge in [-0.1, -0.05) is 19.3 Å². The Bertz CT molecular complexity index is 327. The van der Waals surface area contributed by atoms with E-state index < -0.39 is 0 Å². The predicted molar refractivity (Wildman–Crippen MR) is 72.7 cm³/mol. The molecule has 0 unspecified atom stereocenters. The van der Waals surface area contributed by atoms with Crippen molar-refractivity contribution >= 4 is 5.69 Å². The topological polar surface area (TPSA) is 21.3 Å². The van der Waals surface area contributed by atoms with Crippen molar-refractivity contribution in [3.63, 3.8) is 0 Å². The first-order valence-electron chi connectivity index (χ1n) is 6.70. The van der Waals surface area contributed by atoms with Gasteiger partial charge in [0.15, 0.2) is 0 Å². The molecule has 1 fully saturated rings. The van der Waals surface area contributed by atoms with E-state index in [-0.39, 0.29) is 0 Å². The van der Waals surface area contributed by atoms with Crippen molar-refractivity contribution in [2.45, 2.75) is 45.1 Å². The van der Waals surface area contributed by atoms with Crippen molar-refractivity contribution in [2.24, 2.45) is 5.92 Å². The van der Waals surface area contributed by atoms with Crippen molar-refractivity contribution in [2.75, 3.05) is 12.4 Å². The van der Waals surface area contributed by atoms with E-state index in [0.717, 1.165) is 11.7 Å². The van der Waals surface area contributed by atoms with Gasteiger partial charge in [-0.3, -0.25) is 0 Å². The van der Waals surface area contributed by atoms with Gasteiger partial charge in [-0.15, -0.1) is 0 Å². The van der Waals surface area contributed by atoms with E-state index in [4.69, 9.17) is 4.74 Å². The smallest absolute Gasteiger partial charge is 0.119 e. The van der Waals surface area contributed by atoms with Crippen molar-refractivity contribution < 1.29 is 4.74 Å². The standard InChI is InChI=1S/C15H23NO/c1-12(13-6-4-3-5-7-13)16-14-8-10-15(17-2)11-9-14/h8-13,16H,3-7H2,1-2H3/t12-/m1/s1. The Hall–Kier alpha value is -1.18. The lowest BCUT2D eigenvalue weighted by Crippen LogP contribution is -2.27. The van der Waals surface area contributed by atoms with Gasteiger partial charge < -0.3 is 10.1 Å². The molecule has 0 spiro atoms. The van der Waals surface area contributed by atoms with Crippen LogP contribution in [0.25, 0.3) is 0 Å².